The highest BCUT2D eigenvalue weighted by Crippen LogP contribution is 2.19. The van der Waals surface area contributed by atoms with Crippen molar-refractivity contribution in [2.24, 2.45) is 0 Å². The molecule has 0 saturated carbocycles. The van der Waals surface area contributed by atoms with Crippen LogP contribution in [0.4, 0.5) is 4.39 Å². The second kappa shape index (κ2) is 4.14. The molecule has 14 heavy (non-hydrogen) atoms. The molecular weight excluding hydrogens is 231 g/mol. The van der Waals surface area contributed by atoms with Gasteiger partial charge < -0.3 is 4.74 Å². The molecule has 0 aromatic heterocycles. The van der Waals surface area contributed by atoms with Gasteiger partial charge in [0.1, 0.15) is 0 Å². The lowest BCUT2D eigenvalue weighted by Gasteiger charge is -2.03. The average Bonchev–Trinajstić information content (AvgIpc) is 2.01. The second-order valence-corrected chi connectivity index (χ2v) is 5.43. The van der Waals surface area contributed by atoms with Crippen LogP contribution in [0.3, 0.4) is 0 Å². The molecule has 1 aromatic rings. The van der Waals surface area contributed by atoms with E-state index in [1.54, 1.807) is 0 Å². The van der Waals surface area contributed by atoms with E-state index in [1.807, 2.05) is 0 Å². The molecular formula is C8H8ClFO3S. The zero-order valence-electron chi connectivity index (χ0n) is 7.33. The van der Waals surface area contributed by atoms with Gasteiger partial charge in [-0.25, -0.2) is 12.8 Å². The molecule has 0 heterocycles. The summed E-state index contributed by atoms with van der Waals surface area (Å²) >= 11 is 0. The van der Waals surface area contributed by atoms with E-state index in [-0.39, 0.29) is 5.75 Å². The Balaban J connectivity index is 2.98. The maximum Gasteiger partial charge on any atom is 0.236 e. The van der Waals surface area contributed by atoms with Crippen LogP contribution in [-0.2, 0) is 14.8 Å². The second-order valence-electron chi connectivity index (χ2n) is 2.65. The number of methoxy groups -OCH3 is 1. The normalized spacial score (nSPS) is 11.4. The first-order valence-corrected chi connectivity index (χ1v) is 6.15. The minimum atomic E-state index is -3.65. The number of halogens is 2. The Kier molecular flexibility index (Phi) is 3.34. The predicted molar refractivity (Wildman–Crippen MR) is 51.4 cm³/mol. The summed E-state index contributed by atoms with van der Waals surface area (Å²) in [5, 5.41) is 0. The van der Waals surface area contributed by atoms with Crippen LogP contribution in [0.1, 0.15) is 5.56 Å². The van der Waals surface area contributed by atoms with Crippen molar-refractivity contribution in [3.05, 3.63) is 29.6 Å². The van der Waals surface area contributed by atoms with Crippen molar-refractivity contribution in [3.8, 4) is 5.75 Å². The average molecular weight is 239 g/mol. The van der Waals surface area contributed by atoms with Crippen LogP contribution in [0, 0.1) is 5.82 Å². The third-order valence-corrected chi connectivity index (χ3v) is 2.56. The molecule has 1 rings (SSSR count). The largest absolute Gasteiger partial charge is 0.494 e. The van der Waals surface area contributed by atoms with Crippen LogP contribution in [0.5, 0.6) is 5.75 Å². The van der Waals surface area contributed by atoms with Crippen LogP contribution < -0.4 is 4.74 Å². The lowest BCUT2D eigenvalue weighted by molar-refractivity contribution is 0.386. The fourth-order valence-electron chi connectivity index (χ4n) is 0.999. The number of rotatable bonds is 3. The van der Waals surface area contributed by atoms with Crippen molar-refractivity contribution in [1.82, 2.24) is 0 Å². The molecule has 0 aliphatic rings. The summed E-state index contributed by atoms with van der Waals surface area (Å²) in [6.07, 6.45) is 0. The van der Waals surface area contributed by atoms with Crippen LogP contribution >= 0.6 is 10.7 Å². The molecule has 0 fully saturated rings. The first-order chi connectivity index (χ1) is 6.42. The lowest BCUT2D eigenvalue weighted by atomic mass is 10.2. The maximum atomic E-state index is 13.1. The van der Waals surface area contributed by atoms with E-state index in [9.17, 15) is 12.8 Å². The van der Waals surface area contributed by atoms with E-state index in [0.29, 0.717) is 5.56 Å². The van der Waals surface area contributed by atoms with E-state index in [4.69, 9.17) is 10.7 Å². The fourth-order valence-corrected chi connectivity index (χ4v) is 1.95. The number of ether oxygens (including phenoxy) is 1. The smallest absolute Gasteiger partial charge is 0.236 e. The zero-order chi connectivity index (χ0) is 10.8. The summed E-state index contributed by atoms with van der Waals surface area (Å²) in [6, 6.07) is 3.88. The van der Waals surface area contributed by atoms with Crippen LogP contribution in [0.15, 0.2) is 18.2 Å². The van der Waals surface area contributed by atoms with E-state index in [0.717, 1.165) is 6.07 Å². The molecule has 0 unspecified atom stereocenters. The fraction of sp³-hybridized carbons (Fsp3) is 0.250. The maximum absolute atomic E-state index is 13.1. The molecule has 3 nitrogen and oxygen atoms in total. The summed E-state index contributed by atoms with van der Waals surface area (Å²) < 4.78 is 39.1. The number of hydrogen-bond donors (Lipinski definition) is 0. The summed E-state index contributed by atoms with van der Waals surface area (Å²) in [5.74, 6) is -0.929. The topological polar surface area (TPSA) is 43.4 Å². The monoisotopic (exact) mass is 238 g/mol. The van der Waals surface area contributed by atoms with Gasteiger partial charge in [-0.15, -0.1) is 0 Å². The Bertz CT molecular complexity index is 430. The van der Waals surface area contributed by atoms with E-state index in [1.165, 1.54) is 19.2 Å². The van der Waals surface area contributed by atoms with Gasteiger partial charge in [-0.2, -0.15) is 0 Å². The van der Waals surface area contributed by atoms with Gasteiger partial charge in [0.15, 0.2) is 11.6 Å². The number of benzene rings is 1. The highest BCUT2D eigenvalue weighted by Gasteiger charge is 2.09. The first-order valence-electron chi connectivity index (χ1n) is 3.67. The third-order valence-electron chi connectivity index (χ3n) is 1.56. The highest BCUT2D eigenvalue weighted by atomic mass is 35.7. The zero-order valence-corrected chi connectivity index (χ0v) is 8.90. The molecule has 0 aliphatic carbocycles. The van der Waals surface area contributed by atoms with Gasteiger partial charge in [-0.3, -0.25) is 0 Å². The Morgan fingerprint density at radius 3 is 2.57 bits per heavy atom. The van der Waals surface area contributed by atoms with Crippen LogP contribution in [0.25, 0.3) is 0 Å². The van der Waals surface area contributed by atoms with Gasteiger partial charge in [0, 0.05) is 10.7 Å². The summed E-state index contributed by atoms with van der Waals surface area (Å²) in [4.78, 5) is 0. The summed E-state index contributed by atoms with van der Waals surface area (Å²) in [6.45, 7) is 0. The molecule has 0 spiro atoms. The molecule has 1 aromatic carbocycles. The molecule has 0 N–H and O–H groups in total. The van der Waals surface area contributed by atoms with Gasteiger partial charge in [0.2, 0.25) is 9.05 Å². The van der Waals surface area contributed by atoms with Crippen molar-refractivity contribution in [3.63, 3.8) is 0 Å². The summed E-state index contributed by atoms with van der Waals surface area (Å²) in [7, 11) is 2.69. The van der Waals surface area contributed by atoms with Crippen molar-refractivity contribution in [2.75, 3.05) is 7.11 Å². The molecule has 0 atom stereocenters. The van der Waals surface area contributed by atoms with Crippen molar-refractivity contribution in [2.45, 2.75) is 5.75 Å². The standard InChI is InChI=1S/C8H8ClFO3S/c1-13-8-3-2-6(4-7(8)10)5-14(9,11)12/h2-4H,5H2,1H3. The highest BCUT2D eigenvalue weighted by molar-refractivity contribution is 8.13. The molecule has 0 amide bonds. The Morgan fingerprint density at radius 2 is 2.14 bits per heavy atom. The number of hydrogen-bond acceptors (Lipinski definition) is 3. The van der Waals surface area contributed by atoms with Crippen molar-refractivity contribution in [1.29, 1.82) is 0 Å². The van der Waals surface area contributed by atoms with Crippen molar-refractivity contribution >= 4 is 19.7 Å². The first kappa shape index (κ1) is 11.3. The van der Waals surface area contributed by atoms with E-state index in [2.05, 4.69) is 4.74 Å². The molecule has 0 radical (unpaired) electrons. The lowest BCUT2D eigenvalue weighted by Crippen LogP contribution is -1.96. The van der Waals surface area contributed by atoms with Gasteiger partial charge in [-0.1, -0.05) is 6.07 Å². The Morgan fingerprint density at radius 1 is 1.50 bits per heavy atom. The van der Waals surface area contributed by atoms with Gasteiger partial charge in [0.25, 0.3) is 0 Å². The molecule has 78 valence electrons. The Hall–Kier alpha value is -0.810. The molecule has 0 saturated heterocycles. The van der Waals surface area contributed by atoms with Gasteiger partial charge >= 0.3 is 0 Å². The predicted octanol–water partition coefficient (Wildman–Crippen LogP) is 1.90. The molecule has 0 bridgehead atoms. The van der Waals surface area contributed by atoms with Gasteiger partial charge in [-0.05, 0) is 17.7 Å². The van der Waals surface area contributed by atoms with Crippen molar-refractivity contribution < 1.29 is 17.5 Å². The van der Waals surface area contributed by atoms with Crippen LogP contribution in [-0.4, -0.2) is 15.5 Å². The SMILES string of the molecule is COc1ccc(CS(=O)(=O)Cl)cc1F. The minimum absolute atomic E-state index is 0.0701. The van der Waals surface area contributed by atoms with Gasteiger partial charge in [0.05, 0.1) is 12.9 Å². The van der Waals surface area contributed by atoms with Crippen LogP contribution in [0.2, 0.25) is 0 Å². The third kappa shape index (κ3) is 3.16. The minimum Gasteiger partial charge on any atom is -0.494 e. The summed E-state index contributed by atoms with van der Waals surface area (Å²) in [5.41, 5.74) is 0.290. The Labute approximate surface area is 85.9 Å². The van der Waals surface area contributed by atoms with E-state index >= 15 is 0 Å². The van der Waals surface area contributed by atoms with E-state index < -0.39 is 20.6 Å². The molecule has 6 heteroatoms. The quantitative estimate of drug-likeness (QED) is 0.756. The molecule has 0 aliphatic heterocycles.